The van der Waals surface area contributed by atoms with Crippen molar-refractivity contribution in [3.63, 3.8) is 0 Å². The van der Waals surface area contributed by atoms with E-state index in [0.717, 1.165) is 18.4 Å². The van der Waals surface area contributed by atoms with Crippen LogP contribution in [-0.2, 0) is 26.1 Å². The van der Waals surface area contributed by atoms with Gasteiger partial charge in [-0.15, -0.1) is 0 Å². The SMILES string of the molecule is O=C(OC1CCCCC1=O)c1cccc(S(=O)(=O)N(Cc2ccccc2)c2ccccc2)c1. The highest BCUT2D eigenvalue weighted by Crippen LogP contribution is 2.27. The Morgan fingerprint density at radius 3 is 2.30 bits per heavy atom. The first-order chi connectivity index (χ1) is 15.9. The van der Waals surface area contributed by atoms with E-state index in [9.17, 15) is 18.0 Å². The van der Waals surface area contributed by atoms with E-state index in [4.69, 9.17) is 4.74 Å². The van der Waals surface area contributed by atoms with Crippen LogP contribution in [0.15, 0.2) is 89.8 Å². The third-order valence-corrected chi connectivity index (χ3v) is 7.39. The molecule has 1 fully saturated rings. The van der Waals surface area contributed by atoms with Gasteiger partial charge >= 0.3 is 5.97 Å². The maximum Gasteiger partial charge on any atom is 0.338 e. The predicted molar refractivity (Wildman–Crippen MR) is 125 cm³/mol. The van der Waals surface area contributed by atoms with Crippen molar-refractivity contribution < 1.29 is 22.7 Å². The second kappa shape index (κ2) is 10.0. The van der Waals surface area contributed by atoms with Crippen LogP contribution in [0.3, 0.4) is 0 Å². The van der Waals surface area contributed by atoms with E-state index < -0.39 is 22.1 Å². The minimum atomic E-state index is -3.99. The van der Waals surface area contributed by atoms with Gasteiger partial charge in [0.2, 0.25) is 0 Å². The average Bonchev–Trinajstić information content (AvgIpc) is 2.85. The van der Waals surface area contributed by atoms with Gasteiger partial charge in [-0.3, -0.25) is 9.10 Å². The number of sulfonamides is 1. The summed E-state index contributed by atoms with van der Waals surface area (Å²) in [6.07, 6.45) is 1.77. The van der Waals surface area contributed by atoms with Crippen molar-refractivity contribution >= 4 is 27.5 Å². The van der Waals surface area contributed by atoms with Crippen LogP contribution in [0.1, 0.15) is 41.6 Å². The molecule has 0 N–H and O–H groups in total. The molecular weight excluding hydrogens is 438 g/mol. The van der Waals surface area contributed by atoms with Gasteiger partial charge in [-0.1, -0.05) is 54.6 Å². The molecule has 3 aromatic rings. The standard InChI is InChI=1S/C26H25NO5S/c28-24-16-7-8-17-25(24)32-26(29)21-12-9-15-23(18-21)33(30,31)27(22-13-5-2-6-14-22)19-20-10-3-1-4-11-20/h1-6,9-15,18,25H,7-8,16-17,19H2. The number of hydrogen-bond donors (Lipinski definition) is 0. The summed E-state index contributed by atoms with van der Waals surface area (Å²) in [6.45, 7) is 0.137. The maximum absolute atomic E-state index is 13.7. The average molecular weight is 464 g/mol. The zero-order valence-electron chi connectivity index (χ0n) is 18.1. The summed E-state index contributed by atoms with van der Waals surface area (Å²) >= 11 is 0. The molecule has 0 radical (unpaired) electrons. The highest BCUT2D eigenvalue weighted by atomic mass is 32.2. The maximum atomic E-state index is 13.7. The molecule has 33 heavy (non-hydrogen) atoms. The summed E-state index contributed by atoms with van der Waals surface area (Å²) in [5.74, 6) is -0.780. The molecule has 6 nitrogen and oxygen atoms in total. The van der Waals surface area contributed by atoms with Crippen LogP contribution in [0.4, 0.5) is 5.69 Å². The molecule has 0 heterocycles. The minimum Gasteiger partial charge on any atom is -0.451 e. The number of rotatable bonds is 7. The van der Waals surface area contributed by atoms with Gasteiger partial charge in [0.15, 0.2) is 11.9 Å². The first-order valence-electron chi connectivity index (χ1n) is 10.9. The molecule has 7 heteroatoms. The Labute approximate surface area is 193 Å². The molecule has 0 aromatic heterocycles. The quantitative estimate of drug-likeness (QED) is 0.473. The van der Waals surface area contributed by atoms with Crippen molar-refractivity contribution in [2.24, 2.45) is 0 Å². The van der Waals surface area contributed by atoms with E-state index in [1.54, 1.807) is 24.3 Å². The largest absolute Gasteiger partial charge is 0.451 e. The molecule has 0 amide bonds. The summed E-state index contributed by atoms with van der Waals surface area (Å²) in [5.41, 5.74) is 1.45. The van der Waals surface area contributed by atoms with Gasteiger partial charge < -0.3 is 4.74 Å². The number of hydrogen-bond acceptors (Lipinski definition) is 5. The lowest BCUT2D eigenvalue weighted by molar-refractivity contribution is -0.129. The van der Waals surface area contributed by atoms with Crippen molar-refractivity contribution in [2.45, 2.75) is 43.2 Å². The third kappa shape index (κ3) is 5.31. The lowest BCUT2D eigenvalue weighted by Gasteiger charge is -2.25. The van der Waals surface area contributed by atoms with Crippen molar-refractivity contribution in [2.75, 3.05) is 4.31 Å². The van der Waals surface area contributed by atoms with Crippen molar-refractivity contribution in [3.8, 4) is 0 Å². The summed E-state index contributed by atoms with van der Waals surface area (Å²) in [7, 11) is -3.99. The molecule has 0 aliphatic heterocycles. The zero-order valence-corrected chi connectivity index (χ0v) is 18.9. The van der Waals surface area contributed by atoms with Crippen LogP contribution in [0.2, 0.25) is 0 Å². The second-order valence-electron chi connectivity index (χ2n) is 7.97. The molecule has 1 unspecified atom stereocenters. The fraction of sp³-hybridized carbons (Fsp3) is 0.231. The Hall–Kier alpha value is -3.45. The fourth-order valence-corrected chi connectivity index (χ4v) is 5.34. The molecule has 1 saturated carbocycles. The Balaban J connectivity index is 1.64. The van der Waals surface area contributed by atoms with Crippen LogP contribution in [-0.4, -0.2) is 26.3 Å². The molecule has 0 bridgehead atoms. The van der Waals surface area contributed by atoms with Gasteiger partial charge in [-0.25, -0.2) is 13.2 Å². The van der Waals surface area contributed by atoms with Crippen molar-refractivity contribution in [3.05, 3.63) is 96.1 Å². The fourth-order valence-electron chi connectivity index (χ4n) is 3.84. The van der Waals surface area contributed by atoms with Crippen molar-refractivity contribution in [1.29, 1.82) is 0 Å². The molecule has 1 aliphatic rings. The van der Waals surface area contributed by atoms with E-state index >= 15 is 0 Å². The summed E-state index contributed by atoms with van der Waals surface area (Å²) in [4.78, 5) is 24.7. The number of ketones is 1. The normalized spacial score (nSPS) is 16.2. The first kappa shape index (κ1) is 22.7. The van der Waals surface area contributed by atoms with Crippen LogP contribution < -0.4 is 4.31 Å². The molecule has 1 aliphatic carbocycles. The number of ether oxygens (including phenoxy) is 1. The highest BCUT2D eigenvalue weighted by Gasteiger charge is 2.29. The first-order valence-corrected chi connectivity index (χ1v) is 12.3. The molecule has 3 aromatic carbocycles. The van der Waals surface area contributed by atoms with Gasteiger partial charge in [0.05, 0.1) is 22.7 Å². The van der Waals surface area contributed by atoms with Crippen LogP contribution in [0.5, 0.6) is 0 Å². The topological polar surface area (TPSA) is 80.8 Å². The number of para-hydroxylation sites is 1. The number of anilines is 1. The Morgan fingerprint density at radius 1 is 0.909 bits per heavy atom. The summed E-state index contributed by atoms with van der Waals surface area (Å²) in [5, 5.41) is 0. The Kier molecular flexibility index (Phi) is 6.89. The van der Waals surface area contributed by atoms with Crippen molar-refractivity contribution in [1.82, 2.24) is 0 Å². The van der Waals surface area contributed by atoms with Gasteiger partial charge in [0.25, 0.3) is 10.0 Å². The number of carbonyl (C=O) groups excluding carboxylic acids is 2. The van der Waals surface area contributed by atoms with E-state index in [1.165, 1.54) is 28.6 Å². The van der Waals surface area contributed by atoms with Gasteiger partial charge in [-0.05, 0) is 55.2 Å². The molecule has 0 saturated heterocycles. The minimum absolute atomic E-state index is 0.0216. The van der Waals surface area contributed by atoms with Gasteiger partial charge in [0.1, 0.15) is 0 Å². The Bertz CT molecular complexity index is 1230. The Morgan fingerprint density at radius 2 is 1.61 bits per heavy atom. The molecular formula is C26H25NO5S. The number of Topliss-reactive ketones (excluding diaryl/α,β-unsaturated/α-hetero) is 1. The molecule has 4 rings (SSSR count). The van der Waals surface area contributed by atoms with Gasteiger partial charge in [0, 0.05) is 6.42 Å². The van der Waals surface area contributed by atoms with E-state index in [1.807, 2.05) is 36.4 Å². The molecule has 170 valence electrons. The third-order valence-electron chi connectivity index (χ3n) is 5.62. The second-order valence-corrected chi connectivity index (χ2v) is 9.83. The summed E-state index contributed by atoms with van der Waals surface area (Å²) < 4.78 is 34.1. The van der Waals surface area contributed by atoms with E-state index in [0.29, 0.717) is 18.5 Å². The molecule has 0 spiro atoms. The monoisotopic (exact) mass is 463 g/mol. The number of carbonyl (C=O) groups is 2. The van der Waals surface area contributed by atoms with Gasteiger partial charge in [-0.2, -0.15) is 0 Å². The molecule has 1 atom stereocenters. The number of esters is 1. The zero-order chi connectivity index (χ0) is 23.3. The number of benzene rings is 3. The number of nitrogens with zero attached hydrogens (tertiary/aromatic N) is 1. The highest BCUT2D eigenvalue weighted by molar-refractivity contribution is 7.92. The van der Waals surface area contributed by atoms with Crippen LogP contribution >= 0.6 is 0 Å². The lowest BCUT2D eigenvalue weighted by Crippen LogP contribution is -2.31. The predicted octanol–water partition coefficient (Wildman–Crippen LogP) is 4.75. The van der Waals surface area contributed by atoms with E-state index in [2.05, 4.69) is 0 Å². The smallest absolute Gasteiger partial charge is 0.338 e. The lowest BCUT2D eigenvalue weighted by atomic mass is 9.96. The summed E-state index contributed by atoms with van der Waals surface area (Å²) in [6, 6.07) is 23.9. The van der Waals surface area contributed by atoms with E-state index in [-0.39, 0.29) is 22.8 Å². The van der Waals surface area contributed by atoms with Crippen LogP contribution in [0.25, 0.3) is 0 Å². The van der Waals surface area contributed by atoms with Crippen LogP contribution in [0, 0.1) is 0 Å².